The van der Waals surface area contributed by atoms with Crippen LogP contribution in [0.1, 0.15) is 17.5 Å². The first-order valence-corrected chi connectivity index (χ1v) is 3.21. The van der Waals surface area contributed by atoms with E-state index in [1.807, 2.05) is 0 Å². The van der Waals surface area contributed by atoms with Crippen LogP contribution in [0.4, 0.5) is 0 Å². The Morgan fingerprint density at radius 3 is 2.92 bits per heavy atom. The van der Waals surface area contributed by atoms with Crippen molar-refractivity contribution >= 4 is 18.4 Å². The van der Waals surface area contributed by atoms with E-state index in [2.05, 4.69) is 9.72 Å². The summed E-state index contributed by atoms with van der Waals surface area (Å²) in [5, 5.41) is 0. The van der Waals surface area contributed by atoms with Crippen LogP contribution in [-0.2, 0) is 4.74 Å². The first kappa shape index (κ1) is 10.8. The number of nitrogens with zero attached hydrogens (tertiary/aromatic N) is 2. The van der Waals surface area contributed by atoms with Crippen LogP contribution in [0.25, 0.3) is 0 Å². The van der Waals surface area contributed by atoms with Gasteiger partial charge in [0.2, 0.25) is 5.82 Å². The van der Waals surface area contributed by atoms with E-state index in [1.54, 1.807) is 6.92 Å². The summed E-state index contributed by atoms with van der Waals surface area (Å²) in [4.78, 5) is 14.6. The number of nitrogens with two attached hydrogens (primary N) is 1. The van der Waals surface area contributed by atoms with E-state index >= 15 is 0 Å². The third-order valence-electron chi connectivity index (χ3n) is 1.13. The molecule has 0 spiro atoms. The highest BCUT2D eigenvalue weighted by Gasteiger charge is 2.10. The number of halogens is 1. The van der Waals surface area contributed by atoms with Gasteiger partial charge in [-0.05, 0) is 6.92 Å². The number of carbonyl (C=O) groups is 1. The molecule has 0 aliphatic carbocycles. The van der Waals surface area contributed by atoms with E-state index in [0.29, 0.717) is 6.61 Å². The van der Waals surface area contributed by atoms with Gasteiger partial charge in [-0.15, -0.1) is 12.4 Å². The Balaban J connectivity index is 0.00000121. The third kappa shape index (κ3) is 2.13. The van der Waals surface area contributed by atoms with Crippen LogP contribution in [0.15, 0.2) is 12.4 Å². The highest BCUT2D eigenvalue weighted by molar-refractivity contribution is 5.85. The van der Waals surface area contributed by atoms with Gasteiger partial charge >= 0.3 is 5.97 Å². The Morgan fingerprint density at radius 2 is 2.50 bits per heavy atom. The lowest BCUT2D eigenvalue weighted by atomic mass is 10.6. The van der Waals surface area contributed by atoms with Crippen molar-refractivity contribution in [3.8, 4) is 0 Å². The van der Waals surface area contributed by atoms with Crippen LogP contribution in [0, 0.1) is 0 Å². The van der Waals surface area contributed by atoms with Gasteiger partial charge in [0.25, 0.3) is 0 Å². The molecule has 68 valence electrons. The molecule has 0 aromatic carbocycles. The molecular weight excluding hydrogens is 182 g/mol. The number of hydrogen-bond acceptors (Lipinski definition) is 4. The van der Waals surface area contributed by atoms with Crippen LogP contribution in [-0.4, -0.2) is 22.2 Å². The lowest BCUT2D eigenvalue weighted by Gasteiger charge is -1.99. The molecule has 0 atom stereocenters. The van der Waals surface area contributed by atoms with Crippen LogP contribution in [0.2, 0.25) is 0 Å². The smallest absolute Gasteiger partial charge is 0.376 e. The standard InChI is InChI=1S/C6H9N3O2.ClH/c1-2-11-6(10)5-8-3-4-9(5)7;/h3-4H,2,7H2,1H3;1H. The van der Waals surface area contributed by atoms with E-state index in [4.69, 9.17) is 5.84 Å². The van der Waals surface area contributed by atoms with Gasteiger partial charge in [-0.1, -0.05) is 0 Å². The molecule has 0 saturated heterocycles. The molecule has 0 radical (unpaired) electrons. The molecule has 12 heavy (non-hydrogen) atoms. The molecule has 0 unspecified atom stereocenters. The van der Waals surface area contributed by atoms with Crippen molar-refractivity contribution in [2.75, 3.05) is 12.4 Å². The second-order valence-corrected chi connectivity index (χ2v) is 1.88. The van der Waals surface area contributed by atoms with E-state index in [0.717, 1.165) is 4.68 Å². The monoisotopic (exact) mass is 191 g/mol. The topological polar surface area (TPSA) is 70.1 Å². The highest BCUT2D eigenvalue weighted by Crippen LogP contribution is 1.94. The molecule has 0 amide bonds. The Kier molecular flexibility index (Phi) is 4.14. The molecule has 0 fully saturated rings. The number of ether oxygens (including phenoxy) is 1. The number of hydrogen-bond donors (Lipinski definition) is 1. The maximum absolute atomic E-state index is 10.9. The summed E-state index contributed by atoms with van der Waals surface area (Å²) in [6.07, 6.45) is 2.92. The molecule has 1 heterocycles. The van der Waals surface area contributed by atoms with Gasteiger partial charge < -0.3 is 10.6 Å². The summed E-state index contributed by atoms with van der Waals surface area (Å²) in [6, 6.07) is 0. The van der Waals surface area contributed by atoms with Crippen LogP contribution in [0.3, 0.4) is 0 Å². The predicted molar refractivity (Wildman–Crippen MR) is 45.6 cm³/mol. The van der Waals surface area contributed by atoms with Crippen LogP contribution < -0.4 is 5.84 Å². The van der Waals surface area contributed by atoms with E-state index in [1.165, 1.54) is 12.4 Å². The van der Waals surface area contributed by atoms with E-state index in [-0.39, 0.29) is 18.2 Å². The van der Waals surface area contributed by atoms with Gasteiger partial charge in [0.05, 0.1) is 6.61 Å². The van der Waals surface area contributed by atoms with Crippen molar-refractivity contribution in [2.24, 2.45) is 0 Å². The van der Waals surface area contributed by atoms with Gasteiger partial charge in [-0.25, -0.2) is 14.5 Å². The SMILES string of the molecule is CCOC(=O)c1nccn1N.Cl. The van der Waals surface area contributed by atoms with Crippen LogP contribution >= 0.6 is 12.4 Å². The number of carbonyl (C=O) groups excluding carboxylic acids is 1. The zero-order valence-corrected chi connectivity index (χ0v) is 7.37. The first-order chi connectivity index (χ1) is 5.25. The summed E-state index contributed by atoms with van der Waals surface area (Å²) in [6.45, 7) is 2.05. The second kappa shape index (κ2) is 4.61. The highest BCUT2D eigenvalue weighted by atomic mass is 35.5. The molecule has 0 bridgehead atoms. The third-order valence-corrected chi connectivity index (χ3v) is 1.13. The van der Waals surface area contributed by atoms with Gasteiger partial charge in [-0.2, -0.15) is 0 Å². The number of rotatable bonds is 2. The maximum Gasteiger partial charge on any atom is 0.376 e. The molecular formula is C6H10ClN3O2. The zero-order valence-electron chi connectivity index (χ0n) is 6.56. The number of esters is 1. The van der Waals surface area contributed by atoms with E-state index < -0.39 is 5.97 Å². The summed E-state index contributed by atoms with van der Waals surface area (Å²) in [7, 11) is 0. The lowest BCUT2D eigenvalue weighted by Crippen LogP contribution is -2.18. The number of nitrogen functional groups attached to an aromatic ring is 1. The normalized spacial score (nSPS) is 8.75. The maximum atomic E-state index is 10.9. The summed E-state index contributed by atoms with van der Waals surface area (Å²) < 4.78 is 5.79. The summed E-state index contributed by atoms with van der Waals surface area (Å²) in [5.74, 6) is 4.94. The first-order valence-electron chi connectivity index (χ1n) is 3.21. The van der Waals surface area contributed by atoms with Crippen molar-refractivity contribution in [1.82, 2.24) is 9.66 Å². The number of aromatic nitrogens is 2. The van der Waals surface area contributed by atoms with Crippen LogP contribution in [0.5, 0.6) is 0 Å². The second-order valence-electron chi connectivity index (χ2n) is 1.88. The Bertz CT molecular complexity index is 261. The zero-order chi connectivity index (χ0) is 8.27. The molecule has 0 aliphatic heterocycles. The summed E-state index contributed by atoms with van der Waals surface area (Å²) >= 11 is 0. The average molecular weight is 192 g/mol. The molecule has 1 rings (SSSR count). The fraction of sp³-hybridized carbons (Fsp3) is 0.333. The van der Waals surface area contributed by atoms with Gasteiger partial charge in [0, 0.05) is 12.4 Å². The molecule has 0 saturated carbocycles. The fourth-order valence-corrected chi connectivity index (χ4v) is 0.667. The average Bonchev–Trinajstić information content (AvgIpc) is 2.36. The fourth-order valence-electron chi connectivity index (χ4n) is 0.667. The van der Waals surface area contributed by atoms with Gasteiger partial charge in [-0.3, -0.25) is 0 Å². The Hall–Kier alpha value is -1.23. The molecule has 1 aromatic heterocycles. The molecule has 2 N–H and O–H groups in total. The van der Waals surface area contributed by atoms with Crippen molar-refractivity contribution in [2.45, 2.75) is 6.92 Å². The molecule has 6 heteroatoms. The van der Waals surface area contributed by atoms with E-state index in [9.17, 15) is 4.79 Å². The predicted octanol–water partition coefficient (Wildman–Crippen LogP) is 0.195. The van der Waals surface area contributed by atoms with Crippen molar-refractivity contribution in [3.63, 3.8) is 0 Å². The van der Waals surface area contributed by atoms with Crippen molar-refractivity contribution in [1.29, 1.82) is 0 Å². The minimum Gasteiger partial charge on any atom is -0.460 e. The summed E-state index contributed by atoms with van der Waals surface area (Å²) in [5.41, 5.74) is 0. The quantitative estimate of drug-likeness (QED) is 0.536. The van der Waals surface area contributed by atoms with Crippen molar-refractivity contribution < 1.29 is 9.53 Å². The Morgan fingerprint density at radius 1 is 1.83 bits per heavy atom. The van der Waals surface area contributed by atoms with Gasteiger partial charge in [0.15, 0.2) is 0 Å². The van der Waals surface area contributed by atoms with Gasteiger partial charge in [0.1, 0.15) is 0 Å². The molecule has 0 aliphatic rings. The lowest BCUT2D eigenvalue weighted by molar-refractivity contribution is 0.0509. The largest absolute Gasteiger partial charge is 0.460 e. The molecule has 1 aromatic rings. The number of imidazole rings is 1. The molecule has 5 nitrogen and oxygen atoms in total. The minimum atomic E-state index is -0.500. The van der Waals surface area contributed by atoms with Crippen molar-refractivity contribution in [3.05, 3.63) is 18.2 Å². The minimum absolute atomic E-state index is 0. The Labute approximate surface area is 75.9 Å².